The highest BCUT2D eigenvalue weighted by molar-refractivity contribution is 4.65. The van der Waals surface area contributed by atoms with E-state index in [1.54, 1.807) is 0 Å². The molecular formula is C6H10O4. The molecule has 2 fully saturated rings. The molecule has 10 heavy (non-hydrogen) atoms. The van der Waals surface area contributed by atoms with E-state index in [2.05, 4.69) is 0 Å². The lowest BCUT2D eigenvalue weighted by atomic mass is 10.6. The molecule has 0 amide bonds. The van der Waals surface area contributed by atoms with Gasteiger partial charge in [-0.3, -0.25) is 0 Å². The average molecular weight is 146 g/mol. The van der Waals surface area contributed by atoms with Crippen LogP contribution in [0.5, 0.6) is 0 Å². The van der Waals surface area contributed by atoms with Crippen molar-refractivity contribution in [2.24, 2.45) is 0 Å². The summed E-state index contributed by atoms with van der Waals surface area (Å²) in [4.78, 5) is 0. The number of hydrogen-bond acceptors (Lipinski definition) is 4. The van der Waals surface area contributed by atoms with Gasteiger partial charge in [-0.2, -0.15) is 0 Å². The average Bonchev–Trinajstić information content (AvgIpc) is 2.21. The highest BCUT2D eigenvalue weighted by Crippen LogP contribution is 2.28. The molecule has 0 unspecified atom stereocenters. The van der Waals surface area contributed by atoms with E-state index in [0.717, 1.165) is 0 Å². The second kappa shape index (κ2) is 2.17. The summed E-state index contributed by atoms with van der Waals surface area (Å²) in [6.07, 6.45) is -1.04. The van der Waals surface area contributed by atoms with Gasteiger partial charge in [0.1, 0.15) is 0 Å². The fraction of sp³-hybridized carbons (Fsp3) is 1.00. The number of fused-ring (bicyclic) bond motifs is 1. The van der Waals surface area contributed by atoms with Gasteiger partial charge in [0, 0.05) is 0 Å². The van der Waals surface area contributed by atoms with Crippen molar-refractivity contribution in [3.8, 4) is 0 Å². The third-order valence-electron chi connectivity index (χ3n) is 1.53. The SMILES string of the molecule is CC1OC2OC(C)OC2O1. The van der Waals surface area contributed by atoms with Crippen LogP contribution in [0.3, 0.4) is 0 Å². The quantitative estimate of drug-likeness (QED) is 0.496. The van der Waals surface area contributed by atoms with Crippen LogP contribution >= 0.6 is 0 Å². The zero-order chi connectivity index (χ0) is 7.14. The van der Waals surface area contributed by atoms with Crippen LogP contribution in [0.1, 0.15) is 13.8 Å². The predicted molar refractivity (Wildman–Crippen MR) is 30.8 cm³/mol. The molecule has 2 aliphatic rings. The van der Waals surface area contributed by atoms with Crippen LogP contribution in [0.2, 0.25) is 0 Å². The van der Waals surface area contributed by atoms with Crippen molar-refractivity contribution in [3.63, 3.8) is 0 Å². The van der Waals surface area contributed by atoms with Gasteiger partial charge in [-0.1, -0.05) is 0 Å². The Hall–Kier alpha value is -0.160. The Kier molecular flexibility index (Phi) is 1.42. The zero-order valence-electron chi connectivity index (χ0n) is 5.94. The van der Waals surface area contributed by atoms with E-state index < -0.39 is 0 Å². The normalized spacial score (nSPS) is 53.4. The highest BCUT2D eigenvalue weighted by atomic mass is 16.9. The zero-order valence-corrected chi connectivity index (χ0v) is 5.94. The van der Waals surface area contributed by atoms with Crippen LogP contribution in [0.4, 0.5) is 0 Å². The Morgan fingerprint density at radius 3 is 1.30 bits per heavy atom. The van der Waals surface area contributed by atoms with E-state index in [9.17, 15) is 0 Å². The van der Waals surface area contributed by atoms with E-state index in [1.807, 2.05) is 13.8 Å². The number of hydrogen-bond donors (Lipinski definition) is 0. The number of ether oxygens (including phenoxy) is 4. The molecule has 0 radical (unpaired) electrons. The lowest BCUT2D eigenvalue weighted by Gasteiger charge is -2.07. The van der Waals surface area contributed by atoms with Crippen molar-refractivity contribution in [2.45, 2.75) is 39.0 Å². The van der Waals surface area contributed by atoms with Gasteiger partial charge in [-0.15, -0.1) is 0 Å². The smallest absolute Gasteiger partial charge is 0.214 e. The lowest BCUT2D eigenvalue weighted by molar-refractivity contribution is -0.202. The van der Waals surface area contributed by atoms with Gasteiger partial charge in [0.05, 0.1) is 0 Å². The van der Waals surface area contributed by atoms with Crippen LogP contribution in [0.25, 0.3) is 0 Å². The molecule has 0 aromatic carbocycles. The monoisotopic (exact) mass is 146 g/mol. The Labute approximate surface area is 59.0 Å². The first-order chi connectivity index (χ1) is 4.75. The van der Waals surface area contributed by atoms with Crippen molar-refractivity contribution in [1.82, 2.24) is 0 Å². The number of rotatable bonds is 0. The van der Waals surface area contributed by atoms with E-state index in [4.69, 9.17) is 18.9 Å². The summed E-state index contributed by atoms with van der Waals surface area (Å²) in [6, 6.07) is 0. The molecule has 2 rings (SSSR count). The third kappa shape index (κ3) is 0.932. The van der Waals surface area contributed by atoms with Crippen molar-refractivity contribution in [2.75, 3.05) is 0 Å². The molecule has 0 aromatic rings. The molecule has 0 saturated carbocycles. The maximum Gasteiger partial charge on any atom is 0.214 e. The molecule has 4 heteroatoms. The fourth-order valence-electron chi connectivity index (χ4n) is 1.14. The third-order valence-corrected chi connectivity index (χ3v) is 1.53. The minimum Gasteiger partial charge on any atom is -0.319 e. The minimum atomic E-state index is -0.315. The molecular weight excluding hydrogens is 136 g/mol. The molecule has 2 saturated heterocycles. The van der Waals surface area contributed by atoms with Crippen molar-refractivity contribution in [1.29, 1.82) is 0 Å². The van der Waals surface area contributed by atoms with Crippen LogP contribution in [0.15, 0.2) is 0 Å². The van der Waals surface area contributed by atoms with E-state index in [-0.39, 0.29) is 25.2 Å². The largest absolute Gasteiger partial charge is 0.319 e. The lowest BCUT2D eigenvalue weighted by Crippen LogP contribution is -2.16. The molecule has 0 bridgehead atoms. The summed E-state index contributed by atoms with van der Waals surface area (Å²) in [6.45, 7) is 3.63. The molecule has 0 aliphatic carbocycles. The Bertz CT molecular complexity index is 110. The Morgan fingerprint density at radius 2 is 1.00 bits per heavy atom. The van der Waals surface area contributed by atoms with Crippen LogP contribution < -0.4 is 0 Å². The van der Waals surface area contributed by atoms with E-state index in [0.29, 0.717) is 0 Å². The van der Waals surface area contributed by atoms with Gasteiger partial charge in [-0.05, 0) is 13.8 Å². The molecule has 0 spiro atoms. The fourth-order valence-corrected chi connectivity index (χ4v) is 1.14. The first-order valence-corrected chi connectivity index (χ1v) is 3.37. The van der Waals surface area contributed by atoms with Crippen LogP contribution in [-0.4, -0.2) is 25.2 Å². The van der Waals surface area contributed by atoms with Gasteiger partial charge < -0.3 is 18.9 Å². The maximum absolute atomic E-state index is 5.19. The summed E-state index contributed by atoms with van der Waals surface area (Å²) in [5.74, 6) is 0. The van der Waals surface area contributed by atoms with Gasteiger partial charge in [0.15, 0.2) is 12.6 Å². The van der Waals surface area contributed by atoms with Crippen molar-refractivity contribution >= 4 is 0 Å². The summed E-state index contributed by atoms with van der Waals surface area (Å²) in [5.41, 5.74) is 0. The van der Waals surface area contributed by atoms with Crippen LogP contribution in [-0.2, 0) is 18.9 Å². The molecule has 2 aliphatic heterocycles. The van der Waals surface area contributed by atoms with Gasteiger partial charge in [0.2, 0.25) is 12.6 Å². The van der Waals surface area contributed by atoms with Crippen molar-refractivity contribution in [3.05, 3.63) is 0 Å². The first kappa shape index (κ1) is 6.54. The van der Waals surface area contributed by atoms with E-state index in [1.165, 1.54) is 0 Å². The predicted octanol–water partition coefficient (Wildman–Crippen LogP) is 0.424. The molecule has 2 heterocycles. The molecule has 0 atom stereocenters. The Balaban J connectivity index is 2.00. The Morgan fingerprint density at radius 1 is 0.700 bits per heavy atom. The summed E-state index contributed by atoms with van der Waals surface area (Å²) in [5, 5.41) is 0. The summed E-state index contributed by atoms with van der Waals surface area (Å²) >= 11 is 0. The summed E-state index contributed by atoms with van der Waals surface area (Å²) < 4.78 is 20.7. The molecule has 58 valence electrons. The second-order valence-corrected chi connectivity index (χ2v) is 2.42. The molecule has 0 aromatic heterocycles. The minimum absolute atomic E-state index is 0.206. The molecule has 0 N–H and O–H groups in total. The maximum atomic E-state index is 5.19. The highest BCUT2D eigenvalue weighted by Gasteiger charge is 2.43. The van der Waals surface area contributed by atoms with Crippen molar-refractivity contribution < 1.29 is 18.9 Å². The second-order valence-electron chi connectivity index (χ2n) is 2.42. The van der Waals surface area contributed by atoms with Gasteiger partial charge >= 0.3 is 0 Å². The van der Waals surface area contributed by atoms with Gasteiger partial charge in [-0.25, -0.2) is 0 Å². The van der Waals surface area contributed by atoms with Crippen LogP contribution in [0, 0.1) is 0 Å². The summed E-state index contributed by atoms with van der Waals surface area (Å²) in [7, 11) is 0. The first-order valence-electron chi connectivity index (χ1n) is 3.37. The van der Waals surface area contributed by atoms with E-state index >= 15 is 0 Å². The molecule has 4 nitrogen and oxygen atoms in total. The topological polar surface area (TPSA) is 36.9 Å². The standard InChI is InChI=1S/C6H10O4/c1-3-7-5-6(8-3)10-4(2)9-5/h3-6H,1-2H3. The van der Waals surface area contributed by atoms with Gasteiger partial charge in [0.25, 0.3) is 0 Å².